The Balaban J connectivity index is 1.31. The van der Waals surface area contributed by atoms with Gasteiger partial charge in [-0.05, 0) is 56.2 Å². The quantitative estimate of drug-likeness (QED) is 0.459. The number of likely N-dealkylation sites (tertiary alicyclic amines) is 1. The van der Waals surface area contributed by atoms with Gasteiger partial charge < -0.3 is 19.7 Å². The number of hydrogen-bond acceptors (Lipinski definition) is 6. The number of ether oxygens (including phenoxy) is 2. The highest BCUT2D eigenvalue weighted by Gasteiger charge is 2.28. The maximum absolute atomic E-state index is 13.0. The Morgan fingerprint density at radius 1 is 1.08 bits per heavy atom. The molecule has 1 saturated heterocycles. The average molecular weight is 491 g/mol. The molecule has 0 spiro atoms. The Kier molecular flexibility index (Phi) is 8.33. The lowest BCUT2D eigenvalue weighted by Gasteiger charge is -2.32. The second-order valence-corrected chi connectivity index (χ2v) is 8.50. The lowest BCUT2D eigenvalue weighted by atomic mass is 9.96. The van der Waals surface area contributed by atoms with Crippen LogP contribution in [-0.2, 0) is 14.3 Å². The van der Waals surface area contributed by atoms with Crippen LogP contribution in [0.2, 0.25) is 0 Å². The van der Waals surface area contributed by atoms with Gasteiger partial charge in [0, 0.05) is 25.0 Å². The Morgan fingerprint density at radius 3 is 2.72 bits per heavy atom. The van der Waals surface area contributed by atoms with E-state index in [1.807, 2.05) is 36.4 Å². The topological polar surface area (TPSA) is 103 Å². The van der Waals surface area contributed by atoms with Crippen LogP contribution in [0.1, 0.15) is 36.7 Å². The molecule has 1 aliphatic rings. The van der Waals surface area contributed by atoms with Crippen molar-refractivity contribution in [2.24, 2.45) is 5.92 Å². The van der Waals surface area contributed by atoms with Gasteiger partial charge in [-0.15, -0.1) is 0 Å². The van der Waals surface area contributed by atoms with Crippen molar-refractivity contribution in [1.82, 2.24) is 14.7 Å². The summed E-state index contributed by atoms with van der Waals surface area (Å²) < 4.78 is 12.2. The molecule has 4 rings (SSSR count). The predicted octanol–water partition coefficient (Wildman–Crippen LogP) is 3.70. The molecule has 36 heavy (non-hydrogen) atoms. The van der Waals surface area contributed by atoms with Crippen LogP contribution in [0.15, 0.2) is 66.9 Å². The van der Waals surface area contributed by atoms with E-state index < -0.39 is 5.97 Å². The standard InChI is InChI=1S/C27H30N4O5/c1-2-35-27(34)24-13-16-31(29-24)22-10-6-9-21(18-22)28-26(33)20-8-7-15-30(19-20)25(32)14-17-36-23-11-4-3-5-12-23/h3-6,9-13,16,18,20H,2,7-8,14-15,17,19H2,1H3,(H,28,33). The maximum Gasteiger partial charge on any atom is 0.358 e. The number of benzene rings is 2. The zero-order valence-corrected chi connectivity index (χ0v) is 20.3. The van der Waals surface area contributed by atoms with Crippen molar-refractivity contribution in [3.8, 4) is 11.4 Å². The highest BCUT2D eigenvalue weighted by atomic mass is 16.5. The van der Waals surface area contributed by atoms with Gasteiger partial charge in [0.25, 0.3) is 0 Å². The third-order valence-electron chi connectivity index (χ3n) is 5.92. The number of piperidine rings is 1. The number of amides is 2. The van der Waals surface area contributed by atoms with Gasteiger partial charge in [0.15, 0.2) is 5.69 Å². The van der Waals surface area contributed by atoms with Crippen LogP contribution < -0.4 is 10.1 Å². The molecule has 1 unspecified atom stereocenters. The van der Waals surface area contributed by atoms with Crippen molar-refractivity contribution in [2.45, 2.75) is 26.2 Å². The normalized spacial score (nSPS) is 15.2. The van der Waals surface area contributed by atoms with E-state index in [2.05, 4.69) is 10.4 Å². The van der Waals surface area contributed by atoms with Gasteiger partial charge in [-0.3, -0.25) is 9.59 Å². The third kappa shape index (κ3) is 6.50. The molecule has 1 fully saturated rings. The third-order valence-corrected chi connectivity index (χ3v) is 5.92. The molecule has 9 nitrogen and oxygen atoms in total. The van der Waals surface area contributed by atoms with E-state index >= 15 is 0 Å². The van der Waals surface area contributed by atoms with Crippen molar-refractivity contribution in [3.05, 3.63) is 72.6 Å². The van der Waals surface area contributed by atoms with Gasteiger partial charge in [0.05, 0.1) is 31.2 Å². The van der Waals surface area contributed by atoms with Gasteiger partial charge in [-0.25, -0.2) is 9.48 Å². The molecule has 0 radical (unpaired) electrons. The fourth-order valence-corrected chi connectivity index (χ4v) is 4.10. The van der Waals surface area contributed by atoms with Crippen molar-refractivity contribution >= 4 is 23.5 Å². The number of para-hydroxylation sites is 1. The molecule has 9 heteroatoms. The Hall–Kier alpha value is -4.14. The summed E-state index contributed by atoms with van der Waals surface area (Å²) in [6.07, 6.45) is 3.42. The molecule has 2 amide bonds. The molecule has 2 aromatic carbocycles. The smallest absolute Gasteiger partial charge is 0.358 e. The number of rotatable bonds is 9. The summed E-state index contributed by atoms with van der Waals surface area (Å²) in [5, 5.41) is 7.22. The number of anilines is 1. The van der Waals surface area contributed by atoms with Gasteiger partial charge in [0.1, 0.15) is 5.75 Å². The average Bonchev–Trinajstić information content (AvgIpc) is 3.40. The molecule has 1 N–H and O–H groups in total. The number of carbonyl (C=O) groups excluding carboxylic acids is 3. The van der Waals surface area contributed by atoms with Crippen molar-refractivity contribution in [2.75, 3.05) is 31.6 Å². The number of hydrogen-bond donors (Lipinski definition) is 1. The van der Waals surface area contributed by atoms with E-state index in [0.29, 0.717) is 31.1 Å². The van der Waals surface area contributed by atoms with Crippen molar-refractivity contribution < 1.29 is 23.9 Å². The molecule has 0 saturated carbocycles. The molecule has 1 aliphatic heterocycles. The molecular formula is C27H30N4O5. The van der Waals surface area contributed by atoms with E-state index in [0.717, 1.165) is 18.6 Å². The first-order chi connectivity index (χ1) is 17.5. The van der Waals surface area contributed by atoms with Crippen LogP contribution in [0.3, 0.4) is 0 Å². The molecule has 1 atom stereocenters. The van der Waals surface area contributed by atoms with Crippen LogP contribution in [-0.4, -0.2) is 58.8 Å². The predicted molar refractivity (Wildman–Crippen MR) is 134 cm³/mol. The SMILES string of the molecule is CCOC(=O)c1ccn(-c2cccc(NC(=O)C3CCCN(C(=O)CCOc4ccccc4)C3)c2)n1. The van der Waals surface area contributed by atoms with E-state index in [9.17, 15) is 14.4 Å². The number of nitrogens with zero attached hydrogens (tertiary/aromatic N) is 3. The van der Waals surface area contributed by atoms with Crippen LogP contribution in [0.4, 0.5) is 5.69 Å². The van der Waals surface area contributed by atoms with E-state index in [1.165, 1.54) is 0 Å². The Morgan fingerprint density at radius 2 is 1.92 bits per heavy atom. The molecule has 3 aromatic rings. The van der Waals surface area contributed by atoms with Crippen LogP contribution >= 0.6 is 0 Å². The summed E-state index contributed by atoms with van der Waals surface area (Å²) in [5.41, 5.74) is 1.53. The minimum Gasteiger partial charge on any atom is -0.493 e. The number of carbonyl (C=O) groups is 3. The first-order valence-electron chi connectivity index (χ1n) is 12.1. The largest absolute Gasteiger partial charge is 0.493 e. The summed E-state index contributed by atoms with van der Waals surface area (Å²) in [6, 6.07) is 18.2. The fraction of sp³-hybridized carbons (Fsp3) is 0.333. The summed E-state index contributed by atoms with van der Waals surface area (Å²) >= 11 is 0. The molecule has 1 aromatic heterocycles. The molecule has 0 aliphatic carbocycles. The van der Waals surface area contributed by atoms with Crippen LogP contribution in [0.25, 0.3) is 5.69 Å². The lowest BCUT2D eigenvalue weighted by Crippen LogP contribution is -2.44. The Bertz CT molecular complexity index is 1190. The van der Waals surface area contributed by atoms with Crippen molar-refractivity contribution in [3.63, 3.8) is 0 Å². The monoisotopic (exact) mass is 490 g/mol. The number of aromatic nitrogens is 2. The maximum atomic E-state index is 13.0. The van der Waals surface area contributed by atoms with Gasteiger partial charge in [0.2, 0.25) is 11.8 Å². The van der Waals surface area contributed by atoms with E-state index in [1.54, 1.807) is 47.0 Å². The zero-order chi connectivity index (χ0) is 25.3. The van der Waals surface area contributed by atoms with Crippen LogP contribution in [0.5, 0.6) is 5.75 Å². The summed E-state index contributed by atoms with van der Waals surface area (Å²) in [6.45, 7) is 3.35. The highest BCUT2D eigenvalue weighted by Crippen LogP contribution is 2.21. The summed E-state index contributed by atoms with van der Waals surface area (Å²) in [4.78, 5) is 39.3. The number of nitrogens with one attached hydrogen (secondary N) is 1. The summed E-state index contributed by atoms with van der Waals surface area (Å²) in [7, 11) is 0. The number of esters is 1. The molecule has 188 valence electrons. The van der Waals surface area contributed by atoms with Gasteiger partial charge in [-0.1, -0.05) is 24.3 Å². The Labute approximate surface area is 210 Å². The minimum absolute atomic E-state index is 0.0125. The molecule has 2 heterocycles. The second-order valence-electron chi connectivity index (χ2n) is 8.50. The second kappa shape index (κ2) is 12.0. The van der Waals surface area contributed by atoms with Gasteiger partial charge >= 0.3 is 5.97 Å². The molecular weight excluding hydrogens is 460 g/mol. The fourth-order valence-electron chi connectivity index (χ4n) is 4.10. The van der Waals surface area contributed by atoms with Crippen LogP contribution in [0, 0.1) is 5.92 Å². The zero-order valence-electron chi connectivity index (χ0n) is 20.3. The van der Waals surface area contributed by atoms with E-state index in [-0.39, 0.29) is 36.5 Å². The van der Waals surface area contributed by atoms with Crippen molar-refractivity contribution in [1.29, 1.82) is 0 Å². The van der Waals surface area contributed by atoms with E-state index in [4.69, 9.17) is 9.47 Å². The first kappa shape index (κ1) is 25.0. The highest BCUT2D eigenvalue weighted by molar-refractivity contribution is 5.93. The lowest BCUT2D eigenvalue weighted by molar-refractivity contribution is -0.135. The minimum atomic E-state index is -0.483. The summed E-state index contributed by atoms with van der Waals surface area (Å²) in [5.74, 6) is -0.180. The molecule has 0 bridgehead atoms. The first-order valence-corrected chi connectivity index (χ1v) is 12.1. The van der Waals surface area contributed by atoms with Gasteiger partial charge in [-0.2, -0.15) is 5.10 Å².